The first-order valence-corrected chi connectivity index (χ1v) is 13.7. The van der Waals surface area contributed by atoms with Gasteiger partial charge in [-0.05, 0) is 48.4 Å². The molecule has 1 aliphatic rings. The average molecular weight is 543 g/mol. The van der Waals surface area contributed by atoms with Crippen molar-refractivity contribution >= 4 is 33.3 Å². The van der Waals surface area contributed by atoms with E-state index >= 15 is 0 Å². The number of nitrogens with one attached hydrogen (secondary N) is 1. The summed E-state index contributed by atoms with van der Waals surface area (Å²) in [6.07, 6.45) is -0.672. The Labute approximate surface area is 226 Å². The fourth-order valence-electron chi connectivity index (χ4n) is 4.45. The Hall–Kier alpha value is -4.63. The maximum Gasteiger partial charge on any atom is 0.339 e. The van der Waals surface area contributed by atoms with Gasteiger partial charge in [0, 0.05) is 23.9 Å². The van der Waals surface area contributed by atoms with Crippen LogP contribution in [-0.4, -0.2) is 33.9 Å². The summed E-state index contributed by atoms with van der Waals surface area (Å²) in [7, 11) is -2.40. The van der Waals surface area contributed by atoms with Crippen LogP contribution in [-0.2, 0) is 26.0 Å². The lowest BCUT2D eigenvalue weighted by molar-refractivity contribution is -0.125. The largest absolute Gasteiger partial charge is 0.497 e. The van der Waals surface area contributed by atoms with Gasteiger partial charge in [-0.15, -0.1) is 0 Å². The number of fused-ring (bicyclic) bond motifs is 1. The lowest BCUT2D eigenvalue weighted by Crippen LogP contribution is -2.29. The number of esters is 1. The van der Waals surface area contributed by atoms with E-state index in [9.17, 15) is 18.0 Å². The highest BCUT2D eigenvalue weighted by atomic mass is 32.2. The molecule has 0 aliphatic carbocycles. The fourth-order valence-corrected chi connectivity index (χ4v) is 6.00. The molecule has 0 fully saturated rings. The first-order chi connectivity index (χ1) is 18.9. The van der Waals surface area contributed by atoms with Gasteiger partial charge in [0.05, 0.1) is 23.3 Å². The normalized spacial score (nSPS) is 13.3. The first kappa shape index (κ1) is 26.0. The topological polar surface area (TPSA) is 102 Å². The summed E-state index contributed by atoms with van der Waals surface area (Å²) >= 11 is 0. The highest BCUT2D eigenvalue weighted by Crippen LogP contribution is 2.33. The molecule has 0 saturated heterocycles. The van der Waals surface area contributed by atoms with Crippen LogP contribution in [0.25, 0.3) is 0 Å². The van der Waals surface area contributed by atoms with E-state index in [0.717, 1.165) is 5.56 Å². The van der Waals surface area contributed by atoms with Gasteiger partial charge in [0.2, 0.25) is 6.10 Å². The third-order valence-corrected chi connectivity index (χ3v) is 8.21. The number of para-hydroxylation sites is 1. The molecule has 1 atom stereocenters. The number of hydrogen-bond acceptors (Lipinski definition) is 6. The number of nitrogens with zero attached hydrogens (tertiary/aromatic N) is 1. The van der Waals surface area contributed by atoms with Crippen LogP contribution in [0.4, 0.5) is 11.4 Å². The van der Waals surface area contributed by atoms with Crippen LogP contribution in [0.2, 0.25) is 0 Å². The lowest BCUT2D eigenvalue weighted by Gasteiger charge is -2.20. The van der Waals surface area contributed by atoms with Crippen molar-refractivity contribution in [3.63, 3.8) is 0 Å². The van der Waals surface area contributed by atoms with Crippen molar-refractivity contribution < 1.29 is 27.5 Å². The maximum atomic E-state index is 13.5. The molecule has 198 valence electrons. The standard InChI is InChI=1S/C30H26N2O6S/c1-37-25-14-8-13-24(20-25)31-29(33)28(22-10-3-2-4-11-22)38-30(34)23-12-7-15-26(19-23)39(35,36)32-18-17-21-9-5-6-16-27(21)32/h2-16,19-20,28H,17-18H2,1H3,(H,31,33)/t28-/m0/s1. The van der Waals surface area contributed by atoms with E-state index in [2.05, 4.69) is 5.32 Å². The molecule has 0 bridgehead atoms. The minimum Gasteiger partial charge on any atom is -0.497 e. The summed E-state index contributed by atoms with van der Waals surface area (Å²) in [5.41, 5.74) is 2.52. The monoisotopic (exact) mass is 542 g/mol. The van der Waals surface area contributed by atoms with E-state index < -0.39 is 28.0 Å². The number of hydrogen-bond donors (Lipinski definition) is 1. The molecule has 0 spiro atoms. The van der Waals surface area contributed by atoms with Crippen molar-refractivity contribution in [2.24, 2.45) is 0 Å². The van der Waals surface area contributed by atoms with E-state index in [0.29, 0.717) is 35.7 Å². The molecule has 4 aromatic carbocycles. The van der Waals surface area contributed by atoms with Crippen molar-refractivity contribution in [2.75, 3.05) is 23.3 Å². The predicted molar refractivity (Wildman–Crippen MR) is 147 cm³/mol. The van der Waals surface area contributed by atoms with E-state index in [1.165, 1.54) is 35.7 Å². The van der Waals surface area contributed by atoms with Gasteiger partial charge in [-0.3, -0.25) is 9.10 Å². The second kappa shape index (κ2) is 11.0. The molecular weight excluding hydrogens is 516 g/mol. The molecule has 1 N–H and O–H groups in total. The van der Waals surface area contributed by atoms with Gasteiger partial charge in [0.15, 0.2) is 0 Å². The molecule has 9 heteroatoms. The van der Waals surface area contributed by atoms with Gasteiger partial charge < -0.3 is 14.8 Å². The Morgan fingerprint density at radius 1 is 0.872 bits per heavy atom. The third-order valence-electron chi connectivity index (χ3n) is 6.40. The zero-order valence-electron chi connectivity index (χ0n) is 21.1. The second-order valence-electron chi connectivity index (χ2n) is 8.90. The molecule has 0 radical (unpaired) electrons. The summed E-state index contributed by atoms with van der Waals surface area (Å²) in [6.45, 7) is 0.316. The number of sulfonamides is 1. The van der Waals surface area contributed by atoms with Gasteiger partial charge in [-0.25, -0.2) is 13.2 Å². The Bertz CT molecular complexity index is 1620. The Kier molecular flexibility index (Phi) is 7.33. The summed E-state index contributed by atoms with van der Waals surface area (Å²) < 4.78 is 39.2. The summed E-state index contributed by atoms with van der Waals surface area (Å²) in [4.78, 5) is 26.5. The van der Waals surface area contributed by atoms with Gasteiger partial charge in [0.25, 0.3) is 15.9 Å². The van der Waals surface area contributed by atoms with Crippen LogP contribution in [0.1, 0.15) is 27.6 Å². The van der Waals surface area contributed by atoms with Gasteiger partial charge >= 0.3 is 5.97 Å². The molecular formula is C30H26N2O6S. The van der Waals surface area contributed by atoms with Crippen LogP contribution in [0, 0.1) is 0 Å². The van der Waals surface area contributed by atoms with Crippen molar-refractivity contribution in [3.8, 4) is 5.75 Å². The quantitative estimate of drug-likeness (QED) is 0.315. The highest BCUT2D eigenvalue weighted by molar-refractivity contribution is 7.92. The first-order valence-electron chi connectivity index (χ1n) is 12.3. The SMILES string of the molecule is COc1cccc(NC(=O)[C@@H](OC(=O)c2cccc(S(=O)(=O)N3CCc4ccccc43)c2)c2ccccc2)c1. The Balaban J connectivity index is 1.40. The third kappa shape index (κ3) is 5.49. The zero-order chi connectivity index (χ0) is 27.4. The molecule has 0 saturated carbocycles. The highest BCUT2D eigenvalue weighted by Gasteiger charge is 2.32. The molecule has 8 nitrogen and oxygen atoms in total. The minimum atomic E-state index is -3.92. The van der Waals surface area contributed by atoms with Crippen LogP contribution >= 0.6 is 0 Å². The smallest absolute Gasteiger partial charge is 0.339 e. The van der Waals surface area contributed by atoms with Crippen LogP contribution in [0.15, 0.2) is 108 Å². The van der Waals surface area contributed by atoms with Crippen LogP contribution < -0.4 is 14.4 Å². The molecule has 39 heavy (non-hydrogen) atoms. The minimum absolute atomic E-state index is 0.0127. The summed E-state index contributed by atoms with van der Waals surface area (Å²) in [6, 6.07) is 28.4. The summed E-state index contributed by atoms with van der Waals surface area (Å²) in [5.74, 6) is -0.844. The molecule has 5 rings (SSSR count). The van der Waals surface area contributed by atoms with Gasteiger partial charge in [-0.2, -0.15) is 0 Å². The maximum absolute atomic E-state index is 13.5. The van der Waals surface area contributed by atoms with E-state index in [4.69, 9.17) is 9.47 Å². The molecule has 4 aromatic rings. The number of anilines is 2. The number of methoxy groups -OCH3 is 1. The van der Waals surface area contributed by atoms with E-state index in [1.54, 1.807) is 66.7 Å². The molecule has 1 amide bonds. The molecule has 1 heterocycles. The number of benzene rings is 4. The summed E-state index contributed by atoms with van der Waals surface area (Å²) in [5, 5.41) is 2.76. The lowest BCUT2D eigenvalue weighted by atomic mass is 10.1. The number of rotatable bonds is 8. The van der Waals surface area contributed by atoms with Crippen molar-refractivity contribution in [1.29, 1.82) is 0 Å². The predicted octanol–water partition coefficient (Wildman–Crippen LogP) is 4.98. The number of amides is 1. The van der Waals surface area contributed by atoms with E-state index in [-0.39, 0.29) is 10.5 Å². The average Bonchev–Trinajstić information content (AvgIpc) is 3.41. The van der Waals surface area contributed by atoms with Crippen molar-refractivity contribution in [1.82, 2.24) is 0 Å². The number of carbonyl (C=O) groups is 2. The molecule has 1 aliphatic heterocycles. The van der Waals surface area contributed by atoms with Gasteiger partial charge in [0.1, 0.15) is 5.75 Å². The van der Waals surface area contributed by atoms with Crippen LogP contribution in [0.5, 0.6) is 5.75 Å². The molecule has 0 aromatic heterocycles. The van der Waals surface area contributed by atoms with Crippen molar-refractivity contribution in [3.05, 3.63) is 120 Å². The Morgan fingerprint density at radius 3 is 2.41 bits per heavy atom. The molecule has 0 unspecified atom stereocenters. The Morgan fingerprint density at radius 2 is 1.62 bits per heavy atom. The second-order valence-corrected chi connectivity index (χ2v) is 10.8. The van der Waals surface area contributed by atoms with Gasteiger partial charge in [-0.1, -0.05) is 60.7 Å². The van der Waals surface area contributed by atoms with Crippen molar-refractivity contribution in [2.45, 2.75) is 17.4 Å². The number of carbonyl (C=O) groups excluding carboxylic acids is 2. The number of ether oxygens (including phenoxy) is 2. The zero-order valence-corrected chi connectivity index (χ0v) is 21.9. The van der Waals surface area contributed by atoms with E-state index in [1.807, 2.05) is 12.1 Å². The fraction of sp³-hybridized carbons (Fsp3) is 0.133. The van der Waals surface area contributed by atoms with Crippen LogP contribution in [0.3, 0.4) is 0 Å².